The van der Waals surface area contributed by atoms with Gasteiger partial charge in [0.05, 0.1) is 26.5 Å². The SMILES string of the molecule is O=C1S/C(=C\c2cc(Cl)c(O)c(Cl)c2)C(=O)N1CCOc1ccccc1Cl. The number of phenols is 1. The first-order chi connectivity index (χ1) is 12.9. The lowest BCUT2D eigenvalue weighted by Crippen LogP contribution is -2.32. The number of carbonyl (C=O) groups is 2. The number of carbonyl (C=O) groups excluding carboxylic acids is 2. The molecule has 0 saturated carbocycles. The highest BCUT2D eigenvalue weighted by Gasteiger charge is 2.34. The number of aromatic hydroxyl groups is 1. The Morgan fingerprint density at radius 3 is 2.41 bits per heavy atom. The fourth-order valence-electron chi connectivity index (χ4n) is 2.32. The molecule has 9 heteroatoms. The Balaban J connectivity index is 1.69. The van der Waals surface area contributed by atoms with E-state index < -0.39 is 11.1 Å². The van der Waals surface area contributed by atoms with Gasteiger partial charge in [0, 0.05) is 0 Å². The zero-order valence-corrected chi connectivity index (χ0v) is 16.7. The van der Waals surface area contributed by atoms with E-state index >= 15 is 0 Å². The molecule has 0 unspecified atom stereocenters. The van der Waals surface area contributed by atoms with Crippen molar-refractivity contribution in [1.82, 2.24) is 4.90 Å². The van der Waals surface area contributed by atoms with E-state index in [0.717, 1.165) is 16.7 Å². The summed E-state index contributed by atoms with van der Waals surface area (Å²) in [6, 6.07) is 9.85. The number of ether oxygens (including phenoxy) is 1. The van der Waals surface area contributed by atoms with Crippen LogP contribution in [0.15, 0.2) is 41.3 Å². The van der Waals surface area contributed by atoms with E-state index in [9.17, 15) is 14.7 Å². The number of hydrogen-bond acceptors (Lipinski definition) is 5. The zero-order chi connectivity index (χ0) is 19.6. The van der Waals surface area contributed by atoms with Crippen molar-refractivity contribution in [2.75, 3.05) is 13.2 Å². The van der Waals surface area contributed by atoms with Crippen LogP contribution in [0.25, 0.3) is 6.08 Å². The second-order valence-corrected chi connectivity index (χ2v) is 7.66. The topological polar surface area (TPSA) is 66.8 Å². The van der Waals surface area contributed by atoms with Gasteiger partial charge in [-0.1, -0.05) is 46.9 Å². The molecule has 0 radical (unpaired) electrons. The van der Waals surface area contributed by atoms with Crippen LogP contribution >= 0.6 is 46.6 Å². The molecule has 2 aromatic rings. The molecule has 3 rings (SSSR count). The molecule has 27 heavy (non-hydrogen) atoms. The standard InChI is InChI=1S/C18H12Cl3NO4S/c19-11-3-1-2-4-14(11)26-6-5-22-17(24)15(27-18(22)25)9-10-7-12(20)16(23)13(21)8-10/h1-4,7-9,23H,5-6H2/b15-9-. The van der Waals surface area contributed by atoms with Gasteiger partial charge in [-0.2, -0.15) is 0 Å². The van der Waals surface area contributed by atoms with Crippen molar-refractivity contribution < 1.29 is 19.4 Å². The van der Waals surface area contributed by atoms with Crippen LogP contribution < -0.4 is 4.74 Å². The van der Waals surface area contributed by atoms with Gasteiger partial charge in [-0.15, -0.1) is 0 Å². The molecule has 2 aromatic carbocycles. The molecule has 140 valence electrons. The molecule has 1 heterocycles. The summed E-state index contributed by atoms with van der Waals surface area (Å²) in [6.07, 6.45) is 1.50. The Bertz CT molecular complexity index is 925. The number of amides is 2. The van der Waals surface area contributed by atoms with E-state index in [1.807, 2.05) is 0 Å². The minimum absolute atomic E-state index is 0.0566. The van der Waals surface area contributed by atoms with Crippen LogP contribution in [0.5, 0.6) is 11.5 Å². The molecule has 1 aliphatic heterocycles. The smallest absolute Gasteiger partial charge is 0.293 e. The second kappa shape index (κ2) is 8.44. The Kier molecular flexibility index (Phi) is 6.22. The number of rotatable bonds is 5. The molecule has 5 nitrogen and oxygen atoms in total. The van der Waals surface area contributed by atoms with Crippen molar-refractivity contribution >= 4 is 63.8 Å². The van der Waals surface area contributed by atoms with Gasteiger partial charge in [0.25, 0.3) is 11.1 Å². The number of halogens is 3. The lowest BCUT2D eigenvalue weighted by Gasteiger charge is -2.13. The number of phenolic OH excluding ortho intramolecular Hbond substituents is 1. The number of para-hydroxylation sites is 1. The molecule has 1 fully saturated rings. The highest BCUT2D eigenvalue weighted by molar-refractivity contribution is 8.18. The highest BCUT2D eigenvalue weighted by Crippen LogP contribution is 2.36. The van der Waals surface area contributed by atoms with E-state index in [-0.39, 0.29) is 33.9 Å². The summed E-state index contributed by atoms with van der Waals surface area (Å²) in [7, 11) is 0. The minimum Gasteiger partial charge on any atom is -0.505 e. The third kappa shape index (κ3) is 4.52. The van der Waals surface area contributed by atoms with Crippen molar-refractivity contribution in [3.63, 3.8) is 0 Å². The largest absolute Gasteiger partial charge is 0.505 e. The van der Waals surface area contributed by atoms with Gasteiger partial charge in [0.15, 0.2) is 5.75 Å². The van der Waals surface area contributed by atoms with Gasteiger partial charge >= 0.3 is 0 Å². The Morgan fingerprint density at radius 1 is 1.07 bits per heavy atom. The molecule has 0 spiro atoms. The molecule has 1 N–H and O–H groups in total. The Labute approximate surface area is 174 Å². The summed E-state index contributed by atoms with van der Waals surface area (Å²) in [5.41, 5.74) is 0.501. The molecular weight excluding hydrogens is 433 g/mol. The Morgan fingerprint density at radius 2 is 1.74 bits per heavy atom. The van der Waals surface area contributed by atoms with E-state index in [2.05, 4.69) is 0 Å². The van der Waals surface area contributed by atoms with Gasteiger partial charge < -0.3 is 9.84 Å². The van der Waals surface area contributed by atoms with Crippen LogP contribution in [0.3, 0.4) is 0 Å². The molecule has 1 saturated heterocycles. The Hall–Kier alpha value is -1.86. The summed E-state index contributed by atoms with van der Waals surface area (Å²) in [5, 5.41) is 9.76. The third-order valence-electron chi connectivity index (χ3n) is 3.62. The van der Waals surface area contributed by atoms with Crippen LogP contribution in [-0.4, -0.2) is 34.3 Å². The summed E-state index contributed by atoms with van der Waals surface area (Å²) in [6.45, 7) is 0.205. The molecule has 0 atom stereocenters. The van der Waals surface area contributed by atoms with Crippen molar-refractivity contribution in [2.45, 2.75) is 0 Å². The van der Waals surface area contributed by atoms with E-state index in [0.29, 0.717) is 16.3 Å². The van der Waals surface area contributed by atoms with Crippen LogP contribution in [0.4, 0.5) is 4.79 Å². The number of nitrogens with zero attached hydrogens (tertiary/aromatic N) is 1. The fraction of sp³-hybridized carbons (Fsp3) is 0.111. The summed E-state index contributed by atoms with van der Waals surface area (Å²) < 4.78 is 5.52. The maximum Gasteiger partial charge on any atom is 0.293 e. The van der Waals surface area contributed by atoms with Gasteiger partial charge in [-0.05, 0) is 47.7 Å². The van der Waals surface area contributed by atoms with Crippen molar-refractivity contribution in [1.29, 1.82) is 0 Å². The van der Waals surface area contributed by atoms with Crippen LogP contribution in [-0.2, 0) is 4.79 Å². The van der Waals surface area contributed by atoms with Crippen LogP contribution in [0, 0.1) is 0 Å². The highest BCUT2D eigenvalue weighted by atomic mass is 35.5. The first-order valence-electron chi connectivity index (χ1n) is 7.67. The first-order valence-corrected chi connectivity index (χ1v) is 9.62. The van der Waals surface area contributed by atoms with Crippen LogP contribution in [0.1, 0.15) is 5.56 Å². The van der Waals surface area contributed by atoms with Crippen LogP contribution in [0.2, 0.25) is 15.1 Å². The molecule has 0 aliphatic carbocycles. The van der Waals surface area contributed by atoms with E-state index in [1.54, 1.807) is 24.3 Å². The average molecular weight is 445 g/mol. The predicted molar refractivity (Wildman–Crippen MR) is 108 cm³/mol. The normalized spacial score (nSPS) is 15.7. The van der Waals surface area contributed by atoms with Gasteiger partial charge in [0.1, 0.15) is 12.4 Å². The lowest BCUT2D eigenvalue weighted by molar-refractivity contribution is -0.123. The molecular formula is C18H12Cl3NO4S. The van der Waals surface area contributed by atoms with Crippen molar-refractivity contribution in [3.05, 3.63) is 61.9 Å². The number of hydrogen-bond donors (Lipinski definition) is 1. The third-order valence-corrected chi connectivity index (χ3v) is 5.42. The van der Waals surface area contributed by atoms with E-state index in [4.69, 9.17) is 39.5 Å². The van der Waals surface area contributed by atoms with Crippen molar-refractivity contribution in [2.24, 2.45) is 0 Å². The van der Waals surface area contributed by atoms with Gasteiger partial charge in [-0.25, -0.2) is 0 Å². The molecule has 2 amide bonds. The van der Waals surface area contributed by atoms with Gasteiger partial charge in [-0.3, -0.25) is 14.5 Å². The minimum atomic E-state index is -0.437. The summed E-state index contributed by atoms with van der Waals surface area (Å²) >= 11 is 18.6. The fourth-order valence-corrected chi connectivity index (χ4v) is 3.88. The molecule has 0 bridgehead atoms. The zero-order valence-electron chi connectivity index (χ0n) is 13.6. The summed E-state index contributed by atoms with van der Waals surface area (Å²) in [4.78, 5) is 25.9. The maximum absolute atomic E-state index is 12.5. The molecule has 0 aromatic heterocycles. The van der Waals surface area contributed by atoms with Gasteiger partial charge in [0.2, 0.25) is 0 Å². The maximum atomic E-state index is 12.5. The van der Waals surface area contributed by atoms with Crippen molar-refractivity contribution in [3.8, 4) is 11.5 Å². The number of benzene rings is 2. The first kappa shape index (κ1) is 19.9. The van der Waals surface area contributed by atoms with E-state index in [1.165, 1.54) is 18.2 Å². The monoisotopic (exact) mass is 443 g/mol. The molecule has 1 aliphatic rings. The summed E-state index contributed by atoms with van der Waals surface area (Å²) in [5.74, 6) is -0.191. The number of thioether (sulfide) groups is 1. The lowest BCUT2D eigenvalue weighted by atomic mass is 10.2. The predicted octanol–water partition coefficient (Wildman–Crippen LogP) is 5.47. The second-order valence-electron chi connectivity index (χ2n) is 5.45. The average Bonchev–Trinajstić information content (AvgIpc) is 2.88. The number of imide groups is 1. The quantitative estimate of drug-likeness (QED) is 0.620.